The van der Waals surface area contributed by atoms with Crippen LogP contribution in [0.15, 0.2) is 36.7 Å². The highest BCUT2D eigenvalue weighted by atomic mass is 35.5. The van der Waals surface area contributed by atoms with Crippen LogP contribution in [-0.4, -0.2) is 39.2 Å². The van der Waals surface area contributed by atoms with Crippen LogP contribution in [0.1, 0.15) is 0 Å². The van der Waals surface area contributed by atoms with Crippen molar-refractivity contribution in [3.05, 3.63) is 41.7 Å². The minimum absolute atomic E-state index is 0.241. The van der Waals surface area contributed by atoms with Gasteiger partial charge in [-0.1, -0.05) is 11.6 Å². The molecule has 0 bridgehead atoms. The SMILES string of the molecule is OCC(O)CNc1cc(Cl)ccc1-n1cccn1. The van der Waals surface area contributed by atoms with Crippen molar-refractivity contribution in [1.29, 1.82) is 0 Å². The number of anilines is 1. The van der Waals surface area contributed by atoms with Gasteiger partial charge in [0.15, 0.2) is 0 Å². The summed E-state index contributed by atoms with van der Waals surface area (Å²) in [5, 5.41) is 25.9. The number of hydrogen-bond acceptors (Lipinski definition) is 4. The maximum atomic E-state index is 9.34. The van der Waals surface area contributed by atoms with Crippen LogP contribution in [0.25, 0.3) is 5.69 Å². The first-order valence-electron chi connectivity index (χ1n) is 5.53. The van der Waals surface area contributed by atoms with E-state index in [1.165, 1.54) is 0 Å². The molecule has 0 aliphatic carbocycles. The number of halogens is 1. The van der Waals surface area contributed by atoms with Gasteiger partial charge in [0.05, 0.1) is 24.1 Å². The van der Waals surface area contributed by atoms with E-state index in [4.69, 9.17) is 16.7 Å². The van der Waals surface area contributed by atoms with Crippen LogP contribution in [0, 0.1) is 0 Å². The number of nitrogens with one attached hydrogen (secondary N) is 1. The molecule has 1 atom stereocenters. The molecule has 1 heterocycles. The lowest BCUT2D eigenvalue weighted by Crippen LogP contribution is -2.23. The third-order valence-corrected chi connectivity index (χ3v) is 2.68. The second-order valence-corrected chi connectivity index (χ2v) is 4.27. The first kappa shape index (κ1) is 12.9. The van der Waals surface area contributed by atoms with Crippen molar-refractivity contribution in [2.45, 2.75) is 6.10 Å². The van der Waals surface area contributed by atoms with E-state index < -0.39 is 6.10 Å². The minimum Gasteiger partial charge on any atom is -0.394 e. The molecular formula is C12H14ClN3O2. The first-order chi connectivity index (χ1) is 8.70. The summed E-state index contributed by atoms with van der Waals surface area (Å²) in [5.41, 5.74) is 1.58. The summed E-state index contributed by atoms with van der Waals surface area (Å²) in [6, 6.07) is 7.18. The molecule has 6 heteroatoms. The Morgan fingerprint density at radius 2 is 2.28 bits per heavy atom. The van der Waals surface area contributed by atoms with Gasteiger partial charge in [0.1, 0.15) is 0 Å². The zero-order valence-electron chi connectivity index (χ0n) is 9.62. The monoisotopic (exact) mass is 267 g/mol. The Hall–Kier alpha value is -1.56. The van der Waals surface area contributed by atoms with E-state index >= 15 is 0 Å². The molecule has 0 fully saturated rings. The van der Waals surface area contributed by atoms with Crippen molar-refractivity contribution in [1.82, 2.24) is 9.78 Å². The number of aliphatic hydroxyl groups is 2. The zero-order valence-corrected chi connectivity index (χ0v) is 10.4. The lowest BCUT2D eigenvalue weighted by atomic mass is 10.2. The molecule has 0 aliphatic heterocycles. The van der Waals surface area contributed by atoms with Crippen molar-refractivity contribution in [3.63, 3.8) is 0 Å². The Morgan fingerprint density at radius 1 is 1.44 bits per heavy atom. The Labute approximate surface area is 110 Å². The van der Waals surface area contributed by atoms with Crippen molar-refractivity contribution >= 4 is 17.3 Å². The summed E-state index contributed by atoms with van der Waals surface area (Å²) in [4.78, 5) is 0. The summed E-state index contributed by atoms with van der Waals surface area (Å²) in [6.07, 6.45) is 2.69. The van der Waals surface area contributed by atoms with Gasteiger partial charge in [-0.05, 0) is 24.3 Å². The fraction of sp³-hybridized carbons (Fsp3) is 0.250. The fourth-order valence-electron chi connectivity index (χ4n) is 1.55. The molecule has 3 N–H and O–H groups in total. The van der Waals surface area contributed by atoms with E-state index in [0.29, 0.717) is 5.02 Å². The molecule has 0 saturated heterocycles. The van der Waals surface area contributed by atoms with E-state index in [9.17, 15) is 5.11 Å². The molecule has 2 aromatic rings. The number of aromatic nitrogens is 2. The Morgan fingerprint density at radius 3 is 2.94 bits per heavy atom. The van der Waals surface area contributed by atoms with Crippen molar-refractivity contribution in [3.8, 4) is 5.69 Å². The highest BCUT2D eigenvalue weighted by Gasteiger charge is 2.08. The Kier molecular flexibility index (Phi) is 4.19. The third-order valence-electron chi connectivity index (χ3n) is 2.45. The van der Waals surface area contributed by atoms with E-state index in [0.717, 1.165) is 11.4 Å². The molecule has 1 aromatic carbocycles. The topological polar surface area (TPSA) is 70.3 Å². The van der Waals surface area contributed by atoms with Crippen LogP contribution in [-0.2, 0) is 0 Å². The molecule has 0 aliphatic rings. The standard InChI is InChI=1S/C12H14ClN3O2/c13-9-2-3-12(16-5-1-4-15-16)11(6-9)14-7-10(18)8-17/h1-6,10,14,17-18H,7-8H2. The molecule has 5 nitrogen and oxygen atoms in total. The molecular weight excluding hydrogens is 254 g/mol. The van der Waals surface area contributed by atoms with Crippen LogP contribution >= 0.6 is 11.6 Å². The molecule has 18 heavy (non-hydrogen) atoms. The second kappa shape index (κ2) is 5.86. The molecule has 1 unspecified atom stereocenters. The largest absolute Gasteiger partial charge is 0.394 e. The highest BCUT2D eigenvalue weighted by molar-refractivity contribution is 6.31. The van der Waals surface area contributed by atoms with Gasteiger partial charge in [-0.2, -0.15) is 5.10 Å². The maximum absolute atomic E-state index is 9.34. The average molecular weight is 268 g/mol. The zero-order chi connectivity index (χ0) is 13.0. The van der Waals surface area contributed by atoms with Crippen LogP contribution < -0.4 is 5.32 Å². The van der Waals surface area contributed by atoms with Crippen molar-refractivity contribution in [2.75, 3.05) is 18.5 Å². The lowest BCUT2D eigenvalue weighted by Gasteiger charge is -2.14. The fourth-order valence-corrected chi connectivity index (χ4v) is 1.73. The van der Waals surface area contributed by atoms with Gasteiger partial charge in [0, 0.05) is 24.0 Å². The number of nitrogens with zero attached hydrogens (tertiary/aromatic N) is 2. The van der Waals surface area contributed by atoms with Gasteiger partial charge in [-0.15, -0.1) is 0 Å². The summed E-state index contributed by atoms with van der Waals surface area (Å²) in [6.45, 7) is -0.0459. The molecule has 0 spiro atoms. The van der Waals surface area contributed by atoms with Crippen LogP contribution in [0.3, 0.4) is 0 Å². The second-order valence-electron chi connectivity index (χ2n) is 3.83. The van der Waals surface area contributed by atoms with Crippen LogP contribution in [0.2, 0.25) is 5.02 Å². The maximum Gasteiger partial charge on any atom is 0.0942 e. The van der Waals surface area contributed by atoms with E-state index in [2.05, 4.69) is 10.4 Å². The van der Waals surface area contributed by atoms with E-state index in [1.807, 2.05) is 18.3 Å². The third kappa shape index (κ3) is 3.01. The van der Waals surface area contributed by atoms with Crippen LogP contribution in [0.5, 0.6) is 0 Å². The predicted molar refractivity (Wildman–Crippen MR) is 70.2 cm³/mol. The molecule has 1 aromatic heterocycles. The first-order valence-corrected chi connectivity index (χ1v) is 5.91. The molecule has 96 valence electrons. The summed E-state index contributed by atoms with van der Waals surface area (Å²) in [5.74, 6) is 0. The number of aliphatic hydroxyl groups excluding tert-OH is 2. The normalized spacial score (nSPS) is 12.4. The van der Waals surface area contributed by atoms with Gasteiger partial charge >= 0.3 is 0 Å². The highest BCUT2D eigenvalue weighted by Crippen LogP contribution is 2.23. The van der Waals surface area contributed by atoms with E-state index in [1.54, 1.807) is 23.0 Å². The molecule has 0 saturated carbocycles. The van der Waals surface area contributed by atoms with Gasteiger partial charge < -0.3 is 15.5 Å². The summed E-state index contributed by atoms with van der Waals surface area (Å²) in [7, 11) is 0. The van der Waals surface area contributed by atoms with Crippen LogP contribution in [0.4, 0.5) is 5.69 Å². The molecule has 2 rings (SSSR count). The molecule has 0 radical (unpaired) electrons. The average Bonchev–Trinajstić information content (AvgIpc) is 2.89. The predicted octanol–water partition coefficient (Wildman–Crippen LogP) is 1.29. The van der Waals surface area contributed by atoms with Gasteiger partial charge in [-0.25, -0.2) is 4.68 Å². The number of hydrogen-bond donors (Lipinski definition) is 3. The Balaban J connectivity index is 2.24. The minimum atomic E-state index is -0.811. The quantitative estimate of drug-likeness (QED) is 0.764. The summed E-state index contributed by atoms with van der Waals surface area (Å²) >= 11 is 5.95. The number of rotatable bonds is 5. The van der Waals surface area contributed by atoms with Gasteiger partial charge in [0.2, 0.25) is 0 Å². The van der Waals surface area contributed by atoms with Crippen molar-refractivity contribution in [2.24, 2.45) is 0 Å². The van der Waals surface area contributed by atoms with Gasteiger partial charge in [-0.3, -0.25) is 0 Å². The number of benzene rings is 1. The van der Waals surface area contributed by atoms with Gasteiger partial charge in [0.25, 0.3) is 0 Å². The van der Waals surface area contributed by atoms with E-state index in [-0.39, 0.29) is 13.2 Å². The lowest BCUT2D eigenvalue weighted by molar-refractivity contribution is 0.105. The molecule has 0 amide bonds. The summed E-state index contributed by atoms with van der Waals surface area (Å²) < 4.78 is 1.70. The Bertz CT molecular complexity index is 502. The smallest absolute Gasteiger partial charge is 0.0942 e. The van der Waals surface area contributed by atoms with Crippen molar-refractivity contribution < 1.29 is 10.2 Å².